The molecule has 2 fully saturated rings. The molecule has 0 radical (unpaired) electrons. The van der Waals surface area contributed by atoms with Gasteiger partial charge in [0.15, 0.2) is 0 Å². The number of piperidine rings is 1. The van der Waals surface area contributed by atoms with Crippen LogP contribution in [0.15, 0.2) is 36.3 Å². The van der Waals surface area contributed by atoms with Gasteiger partial charge in [-0.1, -0.05) is 26.0 Å². The van der Waals surface area contributed by atoms with Crippen LogP contribution >= 0.6 is 0 Å². The van der Waals surface area contributed by atoms with Gasteiger partial charge in [-0.2, -0.15) is 0 Å². The van der Waals surface area contributed by atoms with E-state index < -0.39 is 0 Å². The summed E-state index contributed by atoms with van der Waals surface area (Å²) in [5, 5.41) is 3.20. The molecule has 0 aromatic carbocycles. The quantitative estimate of drug-likeness (QED) is 0.809. The van der Waals surface area contributed by atoms with Crippen molar-refractivity contribution in [2.24, 2.45) is 28.6 Å². The molecule has 3 aliphatic carbocycles. The molecule has 1 aromatic heterocycles. The molecule has 4 aliphatic rings. The summed E-state index contributed by atoms with van der Waals surface area (Å²) in [7, 11) is 1.70. The Hall–Kier alpha value is -2.10. The number of nitrogens with zero attached hydrogens (tertiary/aromatic N) is 1. The van der Waals surface area contributed by atoms with E-state index in [0.29, 0.717) is 24.2 Å². The van der Waals surface area contributed by atoms with Gasteiger partial charge >= 0.3 is 0 Å². The number of fused-ring (bicyclic) bond motifs is 5. The van der Waals surface area contributed by atoms with Gasteiger partial charge in [0.05, 0.1) is 13.3 Å². The first kappa shape index (κ1) is 18.0. The van der Waals surface area contributed by atoms with Crippen LogP contribution in [0.3, 0.4) is 0 Å². The lowest BCUT2D eigenvalue weighted by atomic mass is 9.49. The number of amides is 1. The van der Waals surface area contributed by atoms with Gasteiger partial charge in [0.2, 0.25) is 5.91 Å². The van der Waals surface area contributed by atoms with Crippen molar-refractivity contribution in [3.8, 4) is 5.75 Å². The second-order valence-electron chi connectivity index (χ2n) is 9.62. The van der Waals surface area contributed by atoms with Gasteiger partial charge in [-0.3, -0.25) is 9.78 Å². The van der Waals surface area contributed by atoms with Gasteiger partial charge in [-0.05, 0) is 72.5 Å². The average Bonchev–Trinajstić information content (AvgIpc) is 3.06. The number of rotatable bonds is 2. The number of hydrogen-bond donors (Lipinski definition) is 1. The van der Waals surface area contributed by atoms with Gasteiger partial charge in [-0.25, -0.2) is 0 Å². The van der Waals surface area contributed by atoms with E-state index in [1.54, 1.807) is 13.3 Å². The first-order valence-electron chi connectivity index (χ1n) is 10.7. The van der Waals surface area contributed by atoms with Crippen molar-refractivity contribution in [2.45, 2.75) is 52.4 Å². The van der Waals surface area contributed by atoms with Crippen molar-refractivity contribution >= 4 is 11.5 Å². The summed E-state index contributed by atoms with van der Waals surface area (Å²) < 4.78 is 5.42. The number of hydrogen-bond acceptors (Lipinski definition) is 3. The summed E-state index contributed by atoms with van der Waals surface area (Å²) in [4.78, 5) is 16.3. The van der Waals surface area contributed by atoms with Crippen LogP contribution in [0.1, 0.15) is 57.9 Å². The second-order valence-corrected chi connectivity index (χ2v) is 9.62. The summed E-state index contributed by atoms with van der Waals surface area (Å²) in [5.41, 5.74) is 4.22. The fraction of sp³-hybridized carbons (Fsp3) is 0.583. The van der Waals surface area contributed by atoms with Gasteiger partial charge < -0.3 is 10.1 Å². The summed E-state index contributed by atoms with van der Waals surface area (Å²) >= 11 is 0. The highest BCUT2D eigenvalue weighted by atomic mass is 16.5. The minimum Gasteiger partial charge on any atom is -0.495 e. The second kappa shape index (κ2) is 6.20. The van der Waals surface area contributed by atoms with E-state index in [1.165, 1.54) is 29.7 Å². The largest absolute Gasteiger partial charge is 0.495 e. The van der Waals surface area contributed by atoms with E-state index in [2.05, 4.69) is 42.4 Å². The Morgan fingerprint density at radius 3 is 2.79 bits per heavy atom. The summed E-state index contributed by atoms with van der Waals surface area (Å²) in [5.74, 6) is 3.05. The van der Waals surface area contributed by atoms with E-state index in [-0.39, 0.29) is 16.7 Å². The Balaban J connectivity index is 1.47. The highest BCUT2D eigenvalue weighted by Gasteiger charge is 2.57. The highest BCUT2D eigenvalue weighted by Crippen LogP contribution is 2.65. The van der Waals surface area contributed by atoms with Gasteiger partial charge in [-0.15, -0.1) is 0 Å². The Morgan fingerprint density at radius 2 is 1.96 bits per heavy atom. The van der Waals surface area contributed by atoms with Crippen LogP contribution in [-0.2, 0) is 4.79 Å². The van der Waals surface area contributed by atoms with Crippen LogP contribution in [0.4, 0.5) is 0 Å². The molecular weight excluding hydrogens is 348 g/mol. The normalized spacial score (nSPS) is 39.1. The third-order valence-electron chi connectivity index (χ3n) is 8.45. The SMILES string of the molecule is COc1cncc(C2=CC[C@H]3[C@@H]4CC=C5NC(=O)CC[C@]5(C)[C@H]4CC[C@]23C)c1. The number of pyridine rings is 1. The maximum absolute atomic E-state index is 11.9. The molecule has 148 valence electrons. The molecule has 4 heteroatoms. The van der Waals surface area contributed by atoms with Crippen molar-refractivity contribution in [1.29, 1.82) is 0 Å². The molecule has 2 heterocycles. The van der Waals surface area contributed by atoms with Crippen molar-refractivity contribution in [3.05, 3.63) is 41.9 Å². The molecule has 1 aromatic rings. The van der Waals surface area contributed by atoms with Crippen LogP contribution in [0.5, 0.6) is 5.75 Å². The fourth-order valence-electron chi connectivity index (χ4n) is 6.89. The molecule has 5 rings (SSSR count). The summed E-state index contributed by atoms with van der Waals surface area (Å²) in [6, 6.07) is 2.13. The van der Waals surface area contributed by atoms with Crippen LogP contribution < -0.4 is 10.1 Å². The van der Waals surface area contributed by atoms with E-state index in [4.69, 9.17) is 4.74 Å². The third kappa shape index (κ3) is 2.42. The maximum Gasteiger partial charge on any atom is 0.224 e. The number of nitrogens with one attached hydrogen (secondary N) is 1. The number of allylic oxidation sites excluding steroid dienone is 4. The zero-order chi connectivity index (χ0) is 19.5. The molecule has 0 bridgehead atoms. The average molecular weight is 379 g/mol. The van der Waals surface area contributed by atoms with E-state index >= 15 is 0 Å². The Morgan fingerprint density at radius 1 is 1.11 bits per heavy atom. The Labute approximate surface area is 167 Å². The highest BCUT2D eigenvalue weighted by molar-refractivity contribution is 5.79. The number of methoxy groups -OCH3 is 1. The predicted octanol–water partition coefficient (Wildman–Crippen LogP) is 4.73. The smallest absolute Gasteiger partial charge is 0.224 e. The topological polar surface area (TPSA) is 51.2 Å². The van der Waals surface area contributed by atoms with Crippen LogP contribution in [0, 0.1) is 28.6 Å². The Kier molecular flexibility index (Phi) is 3.98. The van der Waals surface area contributed by atoms with Crippen molar-refractivity contribution in [1.82, 2.24) is 10.3 Å². The molecule has 5 atom stereocenters. The van der Waals surface area contributed by atoms with Gasteiger partial charge in [0, 0.05) is 23.7 Å². The number of ether oxygens (including phenoxy) is 1. The predicted molar refractivity (Wildman–Crippen MR) is 109 cm³/mol. The van der Waals surface area contributed by atoms with Crippen molar-refractivity contribution < 1.29 is 9.53 Å². The maximum atomic E-state index is 11.9. The number of carbonyl (C=O) groups is 1. The standard InChI is InChI=1S/C24H30N2O2/c1-23-10-8-20-17(4-7-21-24(20,2)11-9-22(27)26-21)19(23)6-5-18(23)15-12-16(28-3)14-25-13-15/h5,7,12-14,17,19-20H,4,6,8-11H2,1-3H3,(H,26,27)/t17-,19-,20-,23+,24+/m0/s1. The van der Waals surface area contributed by atoms with Gasteiger partial charge in [0.25, 0.3) is 0 Å². The third-order valence-corrected chi connectivity index (χ3v) is 8.45. The van der Waals surface area contributed by atoms with Gasteiger partial charge in [0.1, 0.15) is 5.75 Å². The molecule has 28 heavy (non-hydrogen) atoms. The Bertz CT molecular complexity index is 888. The zero-order valence-corrected chi connectivity index (χ0v) is 17.1. The molecule has 1 N–H and O–H groups in total. The van der Waals surface area contributed by atoms with E-state index in [0.717, 1.165) is 25.0 Å². The minimum absolute atomic E-state index is 0.137. The van der Waals surface area contributed by atoms with Crippen molar-refractivity contribution in [2.75, 3.05) is 7.11 Å². The molecule has 0 spiro atoms. The zero-order valence-electron chi connectivity index (χ0n) is 17.1. The van der Waals surface area contributed by atoms with E-state index in [1.807, 2.05) is 6.20 Å². The lowest BCUT2D eigenvalue weighted by Crippen LogP contribution is -2.52. The molecule has 0 unspecified atom stereocenters. The lowest BCUT2D eigenvalue weighted by molar-refractivity contribution is -0.124. The first-order valence-corrected chi connectivity index (χ1v) is 10.7. The van der Waals surface area contributed by atoms with E-state index in [9.17, 15) is 4.79 Å². The van der Waals surface area contributed by atoms with Crippen LogP contribution in [0.2, 0.25) is 0 Å². The molecule has 1 amide bonds. The molecule has 1 saturated carbocycles. The molecule has 1 saturated heterocycles. The van der Waals surface area contributed by atoms with Crippen LogP contribution in [0.25, 0.3) is 5.57 Å². The molecule has 1 aliphatic heterocycles. The lowest BCUT2D eigenvalue weighted by Gasteiger charge is -2.57. The minimum atomic E-state index is 0.137. The number of aromatic nitrogens is 1. The fourth-order valence-corrected chi connectivity index (χ4v) is 6.89. The first-order chi connectivity index (χ1) is 13.5. The monoisotopic (exact) mass is 378 g/mol. The molecular formula is C24H30N2O2. The van der Waals surface area contributed by atoms with Crippen LogP contribution in [-0.4, -0.2) is 18.0 Å². The number of carbonyl (C=O) groups excluding carboxylic acids is 1. The van der Waals surface area contributed by atoms with Crippen molar-refractivity contribution in [3.63, 3.8) is 0 Å². The summed E-state index contributed by atoms with van der Waals surface area (Å²) in [6.45, 7) is 4.86. The molecule has 4 nitrogen and oxygen atoms in total. The summed E-state index contributed by atoms with van der Waals surface area (Å²) in [6.07, 6.45) is 14.9.